The summed E-state index contributed by atoms with van der Waals surface area (Å²) in [5, 5.41) is 2.74. The van der Waals surface area contributed by atoms with E-state index in [4.69, 9.17) is 4.74 Å². The molecule has 0 bridgehead atoms. The van der Waals surface area contributed by atoms with Crippen molar-refractivity contribution in [2.24, 2.45) is 0 Å². The molecule has 0 aliphatic carbocycles. The SMILES string of the molecule is CCOC(=O)c1[nH]c(C=C2C(=O)Nc3ccncc32)c(C(C)=O)c1C. The van der Waals surface area contributed by atoms with Crippen LogP contribution in [0.2, 0.25) is 0 Å². The fraction of sp³-hybridized carbons (Fsp3) is 0.222. The fourth-order valence-electron chi connectivity index (χ4n) is 2.90. The molecular formula is C18H17N3O4. The summed E-state index contributed by atoms with van der Waals surface area (Å²) >= 11 is 0. The van der Waals surface area contributed by atoms with Crippen LogP contribution in [-0.2, 0) is 9.53 Å². The van der Waals surface area contributed by atoms with Crippen LogP contribution in [-0.4, -0.2) is 34.2 Å². The van der Waals surface area contributed by atoms with Crippen LogP contribution in [0.25, 0.3) is 11.6 Å². The molecule has 0 spiro atoms. The Morgan fingerprint density at radius 2 is 2.12 bits per heavy atom. The highest BCUT2D eigenvalue weighted by atomic mass is 16.5. The van der Waals surface area contributed by atoms with E-state index >= 15 is 0 Å². The third-order valence-corrected chi connectivity index (χ3v) is 4.00. The molecular weight excluding hydrogens is 322 g/mol. The van der Waals surface area contributed by atoms with Gasteiger partial charge in [-0.2, -0.15) is 0 Å². The number of nitrogens with zero attached hydrogens (tertiary/aromatic N) is 1. The Morgan fingerprint density at radius 3 is 2.80 bits per heavy atom. The van der Waals surface area contributed by atoms with Gasteiger partial charge in [0.2, 0.25) is 0 Å². The smallest absolute Gasteiger partial charge is 0.355 e. The van der Waals surface area contributed by atoms with Crippen LogP contribution in [0, 0.1) is 6.92 Å². The molecule has 25 heavy (non-hydrogen) atoms. The Bertz CT molecular complexity index is 924. The average molecular weight is 339 g/mol. The molecule has 2 aromatic heterocycles. The summed E-state index contributed by atoms with van der Waals surface area (Å²) in [6.07, 6.45) is 4.73. The molecule has 1 aliphatic rings. The molecule has 0 fully saturated rings. The molecule has 2 aromatic rings. The molecule has 1 aliphatic heterocycles. The van der Waals surface area contributed by atoms with Crippen LogP contribution in [0.1, 0.15) is 51.5 Å². The molecule has 3 rings (SSSR count). The number of nitrogens with one attached hydrogen (secondary N) is 2. The zero-order valence-electron chi connectivity index (χ0n) is 14.1. The number of Topliss-reactive ketones (excluding diaryl/α,β-unsaturated/α-hetero) is 1. The zero-order chi connectivity index (χ0) is 18.1. The molecule has 128 valence electrons. The number of anilines is 1. The summed E-state index contributed by atoms with van der Waals surface area (Å²) in [5.41, 5.74) is 3.15. The number of amides is 1. The first kappa shape index (κ1) is 16.6. The summed E-state index contributed by atoms with van der Waals surface area (Å²) < 4.78 is 5.01. The molecule has 1 amide bonds. The largest absolute Gasteiger partial charge is 0.461 e. The highest BCUT2D eigenvalue weighted by Crippen LogP contribution is 2.33. The van der Waals surface area contributed by atoms with Gasteiger partial charge in [0.25, 0.3) is 5.91 Å². The van der Waals surface area contributed by atoms with E-state index in [1.54, 1.807) is 38.4 Å². The lowest BCUT2D eigenvalue weighted by Gasteiger charge is -2.00. The van der Waals surface area contributed by atoms with Gasteiger partial charge in [0.15, 0.2) is 5.78 Å². The van der Waals surface area contributed by atoms with E-state index < -0.39 is 5.97 Å². The van der Waals surface area contributed by atoms with Crippen LogP contribution < -0.4 is 5.32 Å². The summed E-state index contributed by atoms with van der Waals surface area (Å²) in [6, 6.07) is 1.70. The number of aromatic nitrogens is 2. The van der Waals surface area contributed by atoms with Gasteiger partial charge < -0.3 is 15.0 Å². The van der Waals surface area contributed by atoms with E-state index in [1.807, 2.05) is 0 Å². The normalized spacial score (nSPS) is 14.4. The van der Waals surface area contributed by atoms with Gasteiger partial charge in [-0.15, -0.1) is 0 Å². The number of carbonyl (C=O) groups is 3. The van der Waals surface area contributed by atoms with Gasteiger partial charge >= 0.3 is 5.97 Å². The molecule has 0 saturated heterocycles. The Morgan fingerprint density at radius 1 is 1.36 bits per heavy atom. The van der Waals surface area contributed by atoms with Crippen molar-refractivity contribution in [3.05, 3.63) is 46.5 Å². The second kappa shape index (κ2) is 6.35. The first-order valence-corrected chi connectivity index (χ1v) is 7.82. The number of hydrogen-bond acceptors (Lipinski definition) is 5. The maximum absolute atomic E-state index is 12.2. The van der Waals surface area contributed by atoms with Gasteiger partial charge in [-0.3, -0.25) is 14.6 Å². The highest BCUT2D eigenvalue weighted by molar-refractivity contribution is 6.35. The van der Waals surface area contributed by atoms with Crippen LogP contribution in [0.5, 0.6) is 0 Å². The lowest BCUT2D eigenvalue weighted by atomic mass is 10.0. The second-order valence-electron chi connectivity index (χ2n) is 5.62. The minimum absolute atomic E-state index is 0.207. The van der Waals surface area contributed by atoms with E-state index in [2.05, 4.69) is 15.3 Å². The van der Waals surface area contributed by atoms with Gasteiger partial charge in [-0.1, -0.05) is 0 Å². The van der Waals surface area contributed by atoms with Crippen LogP contribution in [0.3, 0.4) is 0 Å². The molecule has 3 heterocycles. The van der Waals surface area contributed by atoms with Crippen molar-refractivity contribution in [3.63, 3.8) is 0 Å². The third-order valence-electron chi connectivity index (χ3n) is 4.00. The third kappa shape index (κ3) is 2.84. The first-order valence-electron chi connectivity index (χ1n) is 7.82. The second-order valence-corrected chi connectivity index (χ2v) is 5.62. The lowest BCUT2D eigenvalue weighted by molar-refractivity contribution is -0.110. The fourth-order valence-corrected chi connectivity index (χ4v) is 2.90. The number of carbonyl (C=O) groups excluding carboxylic acids is 3. The monoisotopic (exact) mass is 339 g/mol. The highest BCUT2D eigenvalue weighted by Gasteiger charge is 2.27. The van der Waals surface area contributed by atoms with Crippen LogP contribution in [0.4, 0.5) is 5.69 Å². The van der Waals surface area contributed by atoms with Crippen molar-refractivity contribution in [2.75, 3.05) is 11.9 Å². The number of rotatable bonds is 4. The number of ketones is 1. The summed E-state index contributed by atoms with van der Waals surface area (Å²) in [5.74, 6) is -1.03. The van der Waals surface area contributed by atoms with Crippen molar-refractivity contribution >= 4 is 35.0 Å². The molecule has 7 heteroatoms. The minimum atomic E-state index is -0.537. The summed E-state index contributed by atoms with van der Waals surface area (Å²) in [6.45, 7) is 5.02. The molecule has 7 nitrogen and oxygen atoms in total. The van der Waals surface area contributed by atoms with Crippen molar-refractivity contribution in [1.82, 2.24) is 9.97 Å². The van der Waals surface area contributed by atoms with E-state index in [0.29, 0.717) is 33.6 Å². The van der Waals surface area contributed by atoms with E-state index in [0.717, 1.165) is 0 Å². The van der Waals surface area contributed by atoms with E-state index in [-0.39, 0.29) is 24.0 Å². The summed E-state index contributed by atoms with van der Waals surface area (Å²) in [7, 11) is 0. The maximum Gasteiger partial charge on any atom is 0.355 e. The Kier molecular flexibility index (Phi) is 4.22. The molecule has 0 unspecified atom stereocenters. The van der Waals surface area contributed by atoms with Crippen molar-refractivity contribution in [1.29, 1.82) is 0 Å². The van der Waals surface area contributed by atoms with Gasteiger partial charge in [-0.25, -0.2) is 4.79 Å². The van der Waals surface area contributed by atoms with Gasteiger partial charge in [-0.05, 0) is 38.5 Å². The number of hydrogen-bond donors (Lipinski definition) is 2. The Balaban J connectivity index is 2.15. The van der Waals surface area contributed by atoms with E-state index in [9.17, 15) is 14.4 Å². The molecule has 0 atom stereocenters. The minimum Gasteiger partial charge on any atom is -0.461 e. The maximum atomic E-state index is 12.2. The lowest BCUT2D eigenvalue weighted by Crippen LogP contribution is -2.07. The van der Waals surface area contributed by atoms with Gasteiger partial charge in [0.05, 0.1) is 23.6 Å². The van der Waals surface area contributed by atoms with Crippen molar-refractivity contribution < 1.29 is 19.1 Å². The number of ether oxygens (including phenoxy) is 1. The number of fused-ring (bicyclic) bond motifs is 1. The molecule has 0 radical (unpaired) electrons. The number of H-pyrrole nitrogens is 1. The predicted molar refractivity (Wildman–Crippen MR) is 92.2 cm³/mol. The first-order chi connectivity index (χ1) is 11.9. The van der Waals surface area contributed by atoms with Crippen LogP contribution in [0.15, 0.2) is 18.5 Å². The molecule has 2 N–H and O–H groups in total. The average Bonchev–Trinajstić information content (AvgIpc) is 3.05. The topological polar surface area (TPSA) is 101 Å². The van der Waals surface area contributed by atoms with Gasteiger partial charge in [0, 0.05) is 23.5 Å². The number of aromatic amines is 1. The standard InChI is InChI=1S/C18H17N3O4/c1-4-25-18(24)16-9(2)15(10(3)22)14(20-16)7-11-12-8-19-6-5-13(12)21-17(11)23/h5-8,20H,4H2,1-3H3,(H,21,23). The molecule has 0 saturated carbocycles. The quantitative estimate of drug-likeness (QED) is 0.506. The van der Waals surface area contributed by atoms with Crippen molar-refractivity contribution in [3.8, 4) is 0 Å². The van der Waals surface area contributed by atoms with Crippen LogP contribution >= 0.6 is 0 Å². The number of esters is 1. The number of pyridine rings is 1. The predicted octanol–water partition coefficient (Wildman–Crippen LogP) is 2.59. The Labute approximate surface area is 144 Å². The Hall–Kier alpha value is -3.22. The zero-order valence-corrected chi connectivity index (χ0v) is 14.1. The van der Waals surface area contributed by atoms with E-state index in [1.165, 1.54) is 6.92 Å². The van der Waals surface area contributed by atoms with Crippen molar-refractivity contribution in [2.45, 2.75) is 20.8 Å². The van der Waals surface area contributed by atoms with Gasteiger partial charge in [0.1, 0.15) is 5.69 Å². The summed E-state index contributed by atoms with van der Waals surface area (Å²) in [4.78, 5) is 43.3. The molecule has 0 aromatic carbocycles.